The first kappa shape index (κ1) is 22.3. The second kappa shape index (κ2) is 10.4. The zero-order valence-electron chi connectivity index (χ0n) is 15.0. The van der Waals surface area contributed by atoms with Crippen molar-refractivity contribution in [3.05, 3.63) is 65.7 Å². The minimum atomic E-state index is -0.573. The van der Waals surface area contributed by atoms with E-state index in [0.717, 1.165) is 31.6 Å². The Kier molecular flexibility index (Phi) is 8.93. The Labute approximate surface area is 168 Å². The van der Waals surface area contributed by atoms with Gasteiger partial charge >= 0.3 is 0 Å². The molecule has 2 N–H and O–H groups in total. The molecular formula is C20H27Cl2N3O. The topological polar surface area (TPSA) is 49.6 Å². The number of carbonyl (C=O) groups excluding carboxylic acids is 1. The molecule has 2 aromatic rings. The van der Waals surface area contributed by atoms with Gasteiger partial charge in [0, 0.05) is 31.9 Å². The van der Waals surface area contributed by atoms with E-state index >= 15 is 0 Å². The van der Waals surface area contributed by atoms with Crippen LogP contribution in [0.4, 0.5) is 5.69 Å². The Morgan fingerprint density at radius 3 is 2.27 bits per heavy atom. The number of nitrogens with zero attached hydrogens (tertiary/aromatic N) is 2. The van der Waals surface area contributed by atoms with Crippen LogP contribution in [0.15, 0.2) is 54.6 Å². The van der Waals surface area contributed by atoms with Crippen molar-refractivity contribution < 1.29 is 4.79 Å². The molecule has 1 fully saturated rings. The molecule has 0 bridgehead atoms. The molecule has 1 amide bonds. The SMILES string of the molecule is Cc1ccccc1N1CCCN(C(=O)[C@H](N)c2ccccc2)CC1.Cl.Cl. The Morgan fingerprint density at radius 1 is 0.923 bits per heavy atom. The van der Waals surface area contributed by atoms with Crippen molar-refractivity contribution in [2.45, 2.75) is 19.4 Å². The molecule has 26 heavy (non-hydrogen) atoms. The van der Waals surface area contributed by atoms with Gasteiger partial charge in [0.25, 0.3) is 0 Å². The van der Waals surface area contributed by atoms with Gasteiger partial charge in [0.15, 0.2) is 0 Å². The van der Waals surface area contributed by atoms with Gasteiger partial charge in [0.2, 0.25) is 5.91 Å². The summed E-state index contributed by atoms with van der Waals surface area (Å²) in [6.07, 6.45) is 0.960. The summed E-state index contributed by atoms with van der Waals surface area (Å²) >= 11 is 0. The Bertz CT molecular complexity index is 696. The number of hydrogen-bond donors (Lipinski definition) is 1. The fraction of sp³-hybridized carbons (Fsp3) is 0.350. The number of hydrogen-bond acceptors (Lipinski definition) is 3. The number of anilines is 1. The molecule has 0 spiro atoms. The molecule has 142 valence electrons. The van der Waals surface area contributed by atoms with Gasteiger partial charge < -0.3 is 15.5 Å². The summed E-state index contributed by atoms with van der Waals surface area (Å²) < 4.78 is 0. The predicted octanol–water partition coefficient (Wildman–Crippen LogP) is 3.58. The highest BCUT2D eigenvalue weighted by Crippen LogP contribution is 2.22. The van der Waals surface area contributed by atoms with Gasteiger partial charge in [0.1, 0.15) is 6.04 Å². The lowest BCUT2D eigenvalue weighted by Crippen LogP contribution is -2.40. The highest BCUT2D eigenvalue weighted by Gasteiger charge is 2.25. The maximum atomic E-state index is 12.7. The van der Waals surface area contributed by atoms with Crippen LogP contribution < -0.4 is 10.6 Å². The van der Waals surface area contributed by atoms with E-state index in [9.17, 15) is 4.79 Å². The third-order valence-electron chi connectivity index (χ3n) is 4.69. The van der Waals surface area contributed by atoms with Crippen LogP contribution in [-0.4, -0.2) is 37.0 Å². The second-order valence-corrected chi connectivity index (χ2v) is 6.34. The van der Waals surface area contributed by atoms with Crippen molar-refractivity contribution in [3.8, 4) is 0 Å². The summed E-state index contributed by atoms with van der Waals surface area (Å²) in [5.74, 6) is 0.0211. The first-order chi connectivity index (χ1) is 11.7. The number of carbonyl (C=O) groups is 1. The second-order valence-electron chi connectivity index (χ2n) is 6.34. The van der Waals surface area contributed by atoms with Crippen molar-refractivity contribution in [2.75, 3.05) is 31.1 Å². The van der Waals surface area contributed by atoms with Gasteiger partial charge in [-0.2, -0.15) is 0 Å². The molecule has 1 atom stereocenters. The standard InChI is InChI=1S/C20H25N3O.2ClH/c1-16-8-5-6-11-18(16)22-12-7-13-23(15-14-22)20(24)19(21)17-9-3-2-4-10-17;;/h2-6,8-11,19H,7,12-15,21H2,1H3;2*1H/t19-;;/m1../s1. The van der Waals surface area contributed by atoms with E-state index in [0.29, 0.717) is 6.54 Å². The van der Waals surface area contributed by atoms with Crippen LogP contribution in [-0.2, 0) is 4.79 Å². The zero-order valence-corrected chi connectivity index (χ0v) is 16.6. The average molecular weight is 396 g/mol. The van der Waals surface area contributed by atoms with Gasteiger partial charge in [-0.3, -0.25) is 4.79 Å². The Balaban J connectivity index is 0.00000169. The van der Waals surface area contributed by atoms with Crippen LogP contribution >= 0.6 is 24.8 Å². The first-order valence-corrected chi connectivity index (χ1v) is 8.56. The Hall–Kier alpha value is -1.75. The minimum Gasteiger partial charge on any atom is -0.369 e. The summed E-state index contributed by atoms with van der Waals surface area (Å²) in [7, 11) is 0. The van der Waals surface area contributed by atoms with Gasteiger partial charge in [0.05, 0.1) is 0 Å². The normalized spacial score (nSPS) is 15.3. The molecule has 1 aliphatic rings. The van der Waals surface area contributed by atoms with E-state index in [1.54, 1.807) is 0 Å². The monoisotopic (exact) mass is 395 g/mol. The third kappa shape index (κ3) is 5.13. The number of para-hydroxylation sites is 1. The molecule has 1 aliphatic heterocycles. The number of aryl methyl sites for hydroxylation is 1. The number of amides is 1. The van der Waals surface area contributed by atoms with Crippen LogP contribution in [0.25, 0.3) is 0 Å². The van der Waals surface area contributed by atoms with Crippen LogP contribution in [0.5, 0.6) is 0 Å². The lowest BCUT2D eigenvalue weighted by atomic mass is 10.1. The van der Waals surface area contributed by atoms with Crippen molar-refractivity contribution in [1.82, 2.24) is 4.90 Å². The van der Waals surface area contributed by atoms with Crippen molar-refractivity contribution >= 4 is 36.4 Å². The fourth-order valence-corrected chi connectivity index (χ4v) is 3.30. The van der Waals surface area contributed by atoms with Crippen molar-refractivity contribution in [2.24, 2.45) is 5.73 Å². The molecule has 2 aromatic carbocycles. The van der Waals surface area contributed by atoms with E-state index in [4.69, 9.17) is 5.73 Å². The highest BCUT2D eigenvalue weighted by atomic mass is 35.5. The molecule has 0 unspecified atom stereocenters. The molecule has 6 heteroatoms. The predicted molar refractivity (Wildman–Crippen MR) is 112 cm³/mol. The van der Waals surface area contributed by atoms with Gasteiger partial charge in [-0.05, 0) is 30.5 Å². The van der Waals surface area contributed by atoms with Gasteiger partial charge in [-0.15, -0.1) is 24.8 Å². The van der Waals surface area contributed by atoms with Crippen LogP contribution in [0.3, 0.4) is 0 Å². The van der Waals surface area contributed by atoms with Crippen LogP contribution in [0.2, 0.25) is 0 Å². The smallest absolute Gasteiger partial charge is 0.244 e. The van der Waals surface area contributed by atoms with Crippen molar-refractivity contribution in [3.63, 3.8) is 0 Å². The lowest BCUT2D eigenvalue weighted by Gasteiger charge is -2.26. The number of rotatable bonds is 3. The van der Waals surface area contributed by atoms with E-state index in [-0.39, 0.29) is 30.7 Å². The first-order valence-electron chi connectivity index (χ1n) is 8.56. The number of halogens is 2. The molecule has 1 heterocycles. The summed E-state index contributed by atoms with van der Waals surface area (Å²) in [5, 5.41) is 0. The van der Waals surface area contributed by atoms with Gasteiger partial charge in [-0.25, -0.2) is 0 Å². The molecule has 0 radical (unpaired) electrons. The quantitative estimate of drug-likeness (QED) is 0.863. The molecule has 4 nitrogen and oxygen atoms in total. The summed E-state index contributed by atoms with van der Waals surface area (Å²) in [4.78, 5) is 17.0. The molecule has 1 saturated heterocycles. The largest absolute Gasteiger partial charge is 0.369 e. The lowest BCUT2D eigenvalue weighted by molar-refractivity contribution is -0.132. The van der Waals surface area contributed by atoms with Crippen molar-refractivity contribution in [1.29, 1.82) is 0 Å². The molecule has 0 saturated carbocycles. The van der Waals surface area contributed by atoms with Crippen LogP contribution in [0, 0.1) is 6.92 Å². The number of benzene rings is 2. The number of nitrogens with two attached hydrogens (primary N) is 1. The average Bonchev–Trinajstić information content (AvgIpc) is 2.88. The summed E-state index contributed by atoms with van der Waals surface area (Å²) in [6.45, 7) is 5.43. The van der Waals surface area contributed by atoms with E-state index in [2.05, 4.69) is 36.1 Å². The zero-order chi connectivity index (χ0) is 16.9. The molecule has 3 rings (SSSR count). The maximum Gasteiger partial charge on any atom is 0.244 e. The highest BCUT2D eigenvalue weighted by molar-refractivity contribution is 5.85. The van der Waals surface area contributed by atoms with Crippen LogP contribution in [0.1, 0.15) is 23.6 Å². The summed E-state index contributed by atoms with van der Waals surface area (Å²) in [5.41, 5.74) is 9.60. The fourth-order valence-electron chi connectivity index (χ4n) is 3.30. The van der Waals surface area contributed by atoms with E-state index in [1.165, 1.54) is 11.3 Å². The van der Waals surface area contributed by atoms with E-state index in [1.807, 2.05) is 35.2 Å². The molecular weight excluding hydrogens is 369 g/mol. The third-order valence-corrected chi connectivity index (χ3v) is 4.69. The Morgan fingerprint density at radius 2 is 1.58 bits per heavy atom. The maximum absolute atomic E-state index is 12.7. The summed E-state index contributed by atoms with van der Waals surface area (Å²) in [6, 6.07) is 17.5. The van der Waals surface area contributed by atoms with Gasteiger partial charge in [-0.1, -0.05) is 48.5 Å². The minimum absolute atomic E-state index is 0. The molecule has 0 aliphatic carbocycles. The molecule has 0 aromatic heterocycles. The van der Waals surface area contributed by atoms with E-state index < -0.39 is 6.04 Å².